The topological polar surface area (TPSA) is 42.9 Å². The minimum Gasteiger partial charge on any atom is -0.292 e. The van der Waals surface area contributed by atoms with Crippen molar-refractivity contribution in [3.63, 3.8) is 0 Å². The van der Waals surface area contributed by atoms with Crippen molar-refractivity contribution in [2.24, 2.45) is 0 Å². The van der Waals surface area contributed by atoms with E-state index in [9.17, 15) is 4.79 Å². The first-order chi connectivity index (χ1) is 4.84. The number of nitrogens with zero attached hydrogens (tertiary/aromatic N) is 2. The molecule has 10 heavy (non-hydrogen) atoms. The molecule has 0 bridgehead atoms. The lowest BCUT2D eigenvalue weighted by Crippen LogP contribution is -1.97. The summed E-state index contributed by atoms with van der Waals surface area (Å²) in [5.41, 5.74) is 0.506. The molecule has 4 heteroatoms. The van der Waals surface area contributed by atoms with Crippen molar-refractivity contribution in [3.05, 3.63) is 11.1 Å². The molecule has 1 rings (SSSR count). The second-order valence-corrected chi connectivity index (χ2v) is 2.57. The van der Waals surface area contributed by atoms with Crippen LogP contribution >= 0.6 is 11.5 Å². The lowest BCUT2D eigenvalue weighted by molar-refractivity contribution is 0.0977. The fourth-order valence-electron chi connectivity index (χ4n) is 0.641. The van der Waals surface area contributed by atoms with E-state index in [4.69, 9.17) is 0 Å². The van der Waals surface area contributed by atoms with Gasteiger partial charge < -0.3 is 0 Å². The van der Waals surface area contributed by atoms with Gasteiger partial charge in [0.1, 0.15) is 5.69 Å². The SMILES string of the molecule is CCCC(=O)c1csnn1. The average Bonchev–Trinajstić information content (AvgIpc) is 2.38. The zero-order chi connectivity index (χ0) is 7.40. The number of rotatable bonds is 3. The summed E-state index contributed by atoms with van der Waals surface area (Å²) in [6, 6.07) is 0. The normalized spacial score (nSPS) is 9.70. The van der Waals surface area contributed by atoms with E-state index in [1.54, 1.807) is 5.38 Å². The Labute approximate surface area is 63.2 Å². The molecule has 0 N–H and O–H groups in total. The van der Waals surface area contributed by atoms with Crippen LogP contribution in [-0.2, 0) is 0 Å². The second kappa shape index (κ2) is 3.41. The molecule has 1 aromatic heterocycles. The first kappa shape index (κ1) is 7.34. The van der Waals surface area contributed by atoms with Gasteiger partial charge in [-0.1, -0.05) is 11.4 Å². The summed E-state index contributed by atoms with van der Waals surface area (Å²) in [4.78, 5) is 11.0. The van der Waals surface area contributed by atoms with Gasteiger partial charge in [-0.05, 0) is 18.0 Å². The van der Waals surface area contributed by atoms with Gasteiger partial charge in [0, 0.05) is 11.8 Å². The number of carbonyl (C=O) groups excluding carboxylic acids is 1. The predicted molar refractivity (Wildman–Crippen MR) is 39.1 cm³/mol. The van der Waals surface area contributed by atoms with Gasteiger partial charge in [0.25, 0.3) is 0 Å². The highest BCUT2D eigenvalue weighted by molar-refractivity contribution is 7.03. The van der Waals surface area contributed by atoms with Crippen molar-refractivity contribution in [2.45, 2.75) is 19.8 Å². The predicted octanol–water partition coefficient (Wildman–Crippen LogP) is 1.52. The van der Waals surface area contributed by atoms with Gasteiger partial charge in [-0.15, -0.1) is 5.10 Å². The third-order valence-electron chi connectivity index (χ3n) is 1.12. The van der Waals surface area contributed by atoms with Crippen molar-refractivity contribution in [2.75, 3.05) is 0 Å². The zero-order valence-electron chi connectivity index (χ0n) is 5.70. The van der Waals surface area contributed by atoms with Crippen LogP contribution in [0.25, 0.3) is 0 Å². The molecule has 0 radical (unpaired) electrons. The van der Waals surface area contributed by atoms with Crippen molar-refractivity contribution >= 4 is 17.3 Å². The summed E-state index contributed by atoms with van der Waals surface area (Å²) in [7, 11) is 0. The number of hydrogen-bond donors (Lipinski definition) is 0. The maximum atomic E-state index is 11.0. The molecule has 0 aromatic carbocycles. The third-order valence-corrected chi connectivity index (χ3v) is 1.63. The van der Waals surface area contributed by atoms with E-state index in [2.05, 4.69) is 9.59 Å². The van der Waals surface area contributed by atoms with Crippen molar-refractivity contribution in [1.82, 2.24) is 9.59 Å². The Morgan fingerprint density at radius 3 is 3.10 bits per heavy atom. The molecular weight excluding hydrogens is 148 g/mol. The Kier molecular flexibility index (Phi) is 2.50. The average molecular weight is 156 g/mol. The quantitative estimate of drug-likeness (QED) is 0.623. The standard InChI is InChI=1S/C6H8N2OS/c1-2-3-6(9)5-4-10-8-7-5/h4H,2-3H2,1H3. The fraction of sp³-hybridized carbons (Fsp3) is 0.500. The summed E-state index contributed by atoms with van der Waals surface area (Å²) in [6.45, 7) is 1.97. The van der Waals surface area contributed by atoms with Gasteiger partial charge in [-0.25, -0.2) is 0 Å². The zero-order valence-corrected chi connectivity index (χ0v) is 6.52. The van der Waals surface area contributed by atoms with Gasteiger partial charge in [0.05, 0.1) is 0 Å². The maximum Gasteiger partial charge on any atom is 0.183 e. The van der Waals surface area contributed by atoms with Crippen LogP contribution < -0.4 is 0 Å². The van der Waals surface area contributed by atoms with Crippen molar-refractivity contribution in [3.8, 4) is 0 Å². The molecule has 1 heterocycles. The molecule has 0 amide bonds. The van der Waals surface area contributed by atoms with Crippen molar-refractivity contribution in [1.29, 1.82) is 0 Å². The summed E-state index contributed by atoms with van der Waals surface area (Å²) in [5, 5.41) is 5.33. The molecule has 0 aliphatic rings. The number of hydrogen-bond acceptors (Lipinski definition) is 4. The molecule has 1 aromatic rings. The molecule has 0 aliphatic carbocycles. The van der Waals surface area contributed by atoms with Crippen LogP contribution in [0.3, 0.4) is 0 Å². The van der Waals surface area contributed by atoms with E-state index in [1.165, 1.54) is 11.5 Å². The minimum atomic E-state index is 0.0938. The Balaban J connectivity index is 2.59. The molecule has 0 fully saturated rings. The molecule has 0 aliphatic heterocycles. The number of Topliss-reactive ketones (excluding diaryl/α,β-unsaturated/α-hetero) is 1. The van der Waals surface area contributed by atoms with E-state index in [1.807, 2.05) is 6.92 Å². The molecule has 54 valence electrons. The van der Waals surface area contributed by atoms with E-state index in [-0.39, 0.29) is 5.78 Å². The Morgan fingerprint density at radius 1 is 1.80 bits per heavy atom. The summed E-state index contributed by atoms with van der Waals surface area (Å²) in [5.74, 6) is 0.0938. The molecule has 0 saturated carbocycles. The maximum absolute atomic E-state index is 11.0. The Bertz CT molecular complexity index is 208. The van der Waals surface area contributed by atoms with E-state index < -0.39 is 0 Å². The largest absolute Gasteiger partial charge is 0.292 e. The number of carbonyl (C=O) groups is 1. The van der Waals surface area contributed by atoms with Crippen LogP contribution in [0.1, 0.15) is 30.3 Å². The second-order valence-electron chi connectivity index (χ2n) is 1.96. The van der Waals surface area contributed by atoms with E-state index >= 15 is 0 Å². The van der Waals surface area contributed by atoms with Gasteiger partial charge in [0.15, 0.2) is 5.78 Å². The van der Waals surface area contributed by atoms with Gasteiger partial charge >= 0.3 is 0 Å². The van der Waals surface area contributed by atoms with E-state index in [0.29, 0.717) is 12.1 Å². The molecule has 3 nitrogen and oxygen atoms in total. The van der Waals surface area contributed by atoms with Crippen LogP contribution in [0.2, 0.25) is 0 Å². The molecule has 0 spiro atoms. The first-order valence-electron chi connectivity index (χ1n) is 3.15. The van der Waals surface area contributed by atoms with Gasteiger partial charge in [-0.2, -0.15) is 0 Å². The van der Waals surface area contributed by atoms with Crippen LogP contribution in [0.4, 0.5) is 0 Å². The third kappa shape index (κ3) is 1.60. The Morgan fingerprint density at radius 2 is 2.60 bits per heavy atom. The highest BCUT2D eigenvalue weighted by Crippen LogP contribution is 2.02. The first-order valence-corrected chi connectivity index (χ1v) is 3.98. The highest BCUT2D eigenvalue weighted by Gasteiger charge is 2.05. The van der Waals surface area contributed by atoms with Crippen LogP contribution in [-0.4, -0.2) is 15.4 Å². The van der Waals surface area contributed by atoms with Crippen LogP contribution in [0.5, 0.6) is 0 Å². The monoisotopic (exact) mass is 156 g/mol. The molecular formula is C6H8N2OS. The molecule has 0 atom stereocenters. The lowest BCUT2D eigenvalue weighted by atomic mass is 10.2. The van der Waals surface area contributed by atoms with Crippen molar-refractivity contribution < 1.29 is 4.79 Å². The lowest BCUT2D eigenvalue weighted by Gasteiger charge is -1.88. The van der Waals surface area contributed by atoms with E-state index in [0.717, 1.165) is 6.42 Å². The summed E-state index contributed by atoms with van der Waals surface area (Å²) < 4.78 is 3.60. The van der Waals surface area contributed by atoms with Gasteiger partial charge in [0.2, 0.25) is 0 Å². The van der Waals surface area contributed by atoms with Crippen LogP contribution in [0, 0.1) is 0 Å². The molecule has 0 unspecified atom stereocenters. The summed E-state index contributed by atoms with van der Waals surface area (Å²) in [6.07, 6.45) is 1.45. The number of aromatic nitrogens is 2. The smallest absolute Gasteiger partial charge is 0.183 e. The van der Waals surface area contributed by atoms with Gasteiger partial charge in [-0.3, -0.25) is 4.79 Å². The Hall–Kier alpha value is -0.770. The summed E-state index contributed by atoms with van der Waals surface area (Å²) >= 11 is 1.21. The number of ketones is 1. The molecule has 0 saturated heterocycles. The van der Waals surface area contributed by atoms with Crippen LogP contribution in [0.15, 0.2) is 5.38 Å². The fourth-order valence-corrected chi connectivity index (χ4v) is 1.10. The highest BCUT2D eigenvalue weighted by atomic mass is 32.1. The minimum absolute atomic E-state index is 0.0938.